The Morgan fingerprint density at radius 2 is 2.05 bits per heavy atom. The van der Waals surface area contributed by atoms with Crippen LogP contribution in [-0.4, -0.2) is 12.5 Å². The molecule has 112 valence electrons. The molecule has 3 N–H and O–H groups in total. The van der Waals surface area contributed by atoms with Gasteiger partial charge in [-0.3, -0.25) is 10.2 Å². The fourth-order valence-corrected chi connectivity index (χ4v) is 1.90. The van der Waals surface area contributed by atoms with Crippen molar-refractivity contribution >= 4 is 5.91 Å². The largest absolute Gasteiger partial charge is 0.377 e. The molecule has 4 nitrogen and oxygen atoms in total. The summed E-state index contributed by atoms with van der Waals surface area (Å²) in [6, 6.07) is 4.12. The maximum absolute atomic E-state index is 13.6. The number of hydrazine groups is 1. The number of hydrogen-bond acceptors (Lipinski definition) is 3. The van der Waals surface area contributed by atoms with E-state index in [2.05, 4.69) is 6.92 Å². The van der Waals surface area contributed by atoms with E-state index in [1.54, 1.807) is 0 Å². The number of hydrogen-bond donors (Lipinski definition) is 2. The van der Waals surface area contributed by atoms with E-state index in [9.17, 15) is 9.18 Å². The molecule has 0 atom stereocenters. The van der Waals surface area contributed by atoms with Crippen LogP contribution in [0.2, 0.25) is 0 Å². The number of nitrogens with two attached hydrogens (primary N) is 1. The number of nitrogens with one attached hydrogen (secondary N) is 1. The molecule has 1 amide bonds. The van der Waals surface area contributed by atoms with Crippen LogP contribution in [0, 0.1) is 5.82 Å². The molecule has 0 saturated carbocycles. The van der Waals surface area contributed by atoms with Crippen LogP contribution in [0.3, 0.4) is 0 Å². The van der Waals surface area contributed by atoms with Crippen LogP contribution in [-0.2, 0) is 11.3 Å². The lowest BCUT2D eigenvalue weighted by Crippen LogP contribution is -2.30. The first kappa shape index (κ1) is 16.6. The minimum absolute atomic E-state index is 0.172. The summed E-state index contributed by atoms with van der Waals surface area (Å²) in [6.45, 7) is 2.95. The Morgan fingerprint density at radius 3 is 2.75 bits per heavy atom. The van der Waals surface area contributed by atoms with Crippen molar-refractivity contribution < 1.29 is 13.9 Å². The monoisotopic (exact) mass is 282 g/mol. The topological polar surface area (TPSA) is 64.3 Å². The van der Waals surface area contributed by atoms with Crippen molar-refractivity contribution in [2.24, 2.45) is 5.84 Å². The van der Waals surface area contributed by atoms with Gasteiger partial charge in [0.15, 0.2) is 0 Å². The van der Waals surface area contributed by atoms with Crippen LogP contribution in [0.25, 0.3) is 0 Å². The van der Waals surface area contributed by atoms with Gasteiger partial charge in [0, 0.05) is 17.7 Å². The zero-order chi connectivity index (χ0) is 14.8. The molecule has 0 unspecified atom stereocenters. The SMILES string of the molecule is CCCCCCCOCc1cc(C(=O)NN)ccc1F. The van der Waals surface area contributed by atoms with Crippen LogP contribution in [0.4, 0.5) is 4.39 Å². The van der Waals surface area contributed by atoms with Crippen molar-refractivity contribution in [3.05, 3.63) is 35.1 Å². The number of benzene rings is 1. The molecule has 0 radical (unpaired) electrons. The first-order chi connectivity index (χ1) is 9.69. The summed E-state index contributed by atoms with van der Waals surface area (Å²) in [7, 11) is 0. The number of carbonyl (C=O) groups excluding carboxylic acids is 1. The first-order valence-electron chi connectivity index (χ1n) is 7.06. The van der Waals surface area contributed by atoms with Gasteiger partial charge in [-0.05, 0) is 24.6 Å². The lowest BCUT2D eigenvalue weighted by Gasteiger charge is -2.07. The summed E-state index contributed by atoms with van der Waals surface area (Å²) >= 11 is 0. The van der Waals surface area contributed by atoms with Crippen molar-refractivity contribution in [3.63, 3.8) is 0 Å². The van der Waals surface area contributed by atoms with Crippen molar-refractivity contribution in [1.29, 1.82) is 0 Å². The lowest BCUT2D eigenvalue weighted by atomic mass is 10.1. The van der Waals surface area contributed by atoms with E-state index < -0.39 is 5.91 Å². The molecule has 0 aromatic heterocycles. The Hall–Kier alpha value is -1.46. The van der Waals surface area contributed by atoms with Gasteiger partial charge in [0.1, 0.15) is 5.82 Å². The molecular weight excluding hydrogens is 259 g/mol. The van der Waals surface area contributed by atoms with Gasteiger partial charge in [-0.15, -0.1) is 0 Å². The predicted octanol–water partition coefficient (Wildman–Crippen LogP) is 2.92. The van der Waals surface area contributed by atoms with Gasteiger partial charge in [-0.25, -0.2) is 10.2 Å². The smallest absolute Gasteiger partial charge is 0.265 e. The highest BCUT2D eigenvalue weighted by molar-refractivity contribution is 5.93. The summed E-state index contributed by atoms with van der Waals surface area (Å²) in [4.78, 5) is 11.4. The van der Waals surface area contributed by atoms with Gasteiger partial charge in [0.2, 0.25) is 0 Å². The number of rotatable bonds is 9. The van der Waals surface area contributed by atoms with Crippen LogP contribution in [0.5, 0.6) is 0 Å². The molecule has 20 heavy (non-hydrogen) atoms. The number of nitrogen functional groups attached to an aromatic ring is 1. The van der Waals surface area contributed by atoms with E-state index in [1.165, 1.54) is 37.5 Å². The van der Waals surface area contributed by atoms with Gasteiger partial charge < -0.3 is 4.74 Å². The fourth-order valence-electron chi connectivity index (χ4n) is 1.90. The van der Waals surface area contributed by atoms with Gasteiger partial charge >= 0.3 is 0 Å². The van der Waals surface area contributed by atoms with Gasteiger partial charge in [0.05, 0.1) is 6.61 Å². The quantitative estimate of drug-likeness (QED) is 0.317. The molecule has 1 aromatic carbocycles. The van der Waals surface area contributed by atoms with E-state index >= 15 is 0 Å². The first-order valence-corrected chi connectivity index (χ1v) is 7.06. The fraction of sp³-hybridized carbons (Fsp3) is 0.533. The Labute approximate surface area is 119 Å². The van der Waals surface area contributed by atoms with Crippen LogP contribution in [0.15, 0.2) is 18.2 Å². The van der Waals surface area contributed by atoms with Gasteiger partial charge in [-0.1, -0.05) is 32.6 Å². The Balaban J connectivity index is 2.37. The zero-order valence-corrected chi connectivity index (χ0v) is 12.0. The predicted molar refractivity (Wildman–Crippen MR) is 76.5 cm³/mol. The van der Waals surface area contributed by atoms with E-state index in [1.807, 2.05) is 5.43 Å². The molecule has 0 fully saturated rings. The van der Waals surface area contributed by atoms with Crippen molar-refractivity contribution in [2.75, 3.05) is 6.61 Å². The molecular formula is C15H23FN2O2. The lowest BCUT2D eigenvalue weighted by molar-refractivity contribution is 0.0952. The highest BCUT2D eigenvalue weighted by Crippen LogP contribution is 2.12. The zero-order valence-electron chi connectivity index (χ0n) is 12.0. The van der Waals surface area contributed by atoms with Gasteiger partial charge in [-0.2, -0.15) is 0 Å². The van der Waals surface area contributed by atoms with Crippen LogP contribution in [0.1, 0.15) is 54.9 Å². The highest BCUT2D eigenvalue weighted by Gasteiger charge is 2.08. The number of carbonyl (C=O) groups is 1. The molecule has 0 aliphatic heterocycles. The van der Waals surface area contributed by atoms with Crippen LogP contribution >= 0.6 is 0 Å². The van der Waals surface area contributed by atoms with E-state index in [4.69, 9.17) is 10.6 Å². The summed E-state index contributed by atoms with van der Waals surface area (Å²) < 4.78 is 19.0. The average molecular weight is 282 g/mol. The molecule has 5 heteroatoms. The molecule has 0 aliphatic carbocycles. The van der Waals surface area contributed by atoms with Crippen molar-refractivity contribution in [3.8, 4) is 0 Å². The summed E-state index contributed by atoms with van der Waals surface area (Å²) in [5, 5.41) is 0. The molecule has 0 spiro atoms. The number of amides is 1. The number of halogens is 1. The van der Waals surface area contributed by atoms with Crippen molar-refractivity contribution in [1.82, 2.24) is 5.43 Å². The standard InChI is InChI=1S/C15H23FN2O2/c1-2-3-4-5-6-9-20-11-13-10-12(15(19)18-17)7-8-14(13)16/h7-8,10H,2-6,9,11,17H2,1H3,(H,18,19). The summed E-state index contributed by atoms with van der Waals surface area (Å²) in [5.74, 6) is 4.24. The maximum Gasteiger partial charge on any atom is 0.265 e. The third-order valence-electron chi connectivity index (χ3n) is 3.09. The summed E-state index contributed by atoms with van der Waals surface area (Å²) in [6.07, 6.45) is 5.77. The Morgan fingerprint density at radius 1 is 1.30 bits per heavy atom. The van der Waals surface area contributed by atoms with E-state index in [0.717, 1.165) is 12.8 Å². The number of ether oxygens (including phenoxy) is 1. The van der Waals surface area contributed by atoms with Crippen molar-refractivity contribution in [2.45, 2.75) is 45.6 Å². The Kier molecular flexibility index (Phi) is 7.84. The normalized spacial score (nSPS) is 10.6. The second-order valence-electron chi connectivity index (χ2n) is 4.75. The number of unbranched alkanes of at least 4 members (excludes halogenated alkanes) is 4. The average Bonchev–Trinajstić information content (AvgIpc) is 2.47. The third kappa shape index (κ3) is 5.67. The third-order valence-corrected chi connectivity index (χ3v) is 3.09. The molecule has 0 saturated heterocycles. The second kappa shape index (κ2) is 9.44. The van der Waals surface area contributed by atoms with Gasteiger partial charge in [0.25, 0.3) is 5.91 Å². The molecule has 1 aromatic rings. The maximum atomic E-state index is 13.6. The highest BCUT2D eigenvalue weighted by atomic mass is 19.1. The molecule has 1 rings (SSSR count). The minimum Gasteiger partial charge on any atom is -0.377 e. The Bertz CT molecular complexity index is 424. The molecule has 0 bridgehead atoms. The van der Waals surface area contributed by atoms with E-state index in [0.29, 0.717) is 17.7 Å². The van der Waals surface area contributed by atoms with E-state index in [-0.39, 0.29) is 12.4 Å². The minimum atomic E-state index is -0.439. The molecule has 0 aliphatic rings. The summed E-state index contributed by atoms with van der Waals surface area (Å²) in [5.41, 5.74) is 2.73. The van der Waals surface area contributed by atoms with Crippen LogP contribution < -0.4 is 11.3 Å². The second-order valence-corrected chi connectivity index (χ2v) is 4.75. The molecule has 0 heterocycles.